The first kappa shape index (κ1) is 34.6. The zero-order chi connectivity index (χ0) is 26.9. The van der Waals surface area contributed by atoms with Crippen molar-refractivity contribution in [1.29, 1.82) is 0 Å². The number of carbonyl (C=O) groups is 1. The Hall–Kier alpha value is -1.44. The van der Waals surface area contributed by atoms with Gasteiger partial charge in [0.15, 0.2) is 0 Å². The quantitative estimate of drug-likeness (QED) is 0.0708. The molecule has 0 heterocycles. The number of allylic oxidation sites excluding steroid dienone is 5. The van der Waals surface area contributed by atoms with Gasteiger partial charge in [-0.1, -0.05) is 114 Å². The largest absolute Gasteiger partial charge is 0.387 e. The van der Waals surface area contributed by atoms with Crippen LogP contribution in [0.3, 0.4) is 0 Å². The number of aliphatic hydroxyl groups excluding tert-OH is 1. The van der Waals surface area contributed by atoms with Crippen molar-refractivity contribution in [2.45, 2.75) is 135 Å². The van der Waals surface area contributed by atoms with Crippen LogP contribution in [0.2, 0.25) is 0 Å². The van der Waals surface area contributed by atoms with Gasteiger partial charge in [0.25, 0.3) is 10.1 Å². The molecule has 2 atom stereocenters. The smallest absolute Gasteiger partial charge is 0.267 e. The van der Waals surface area contributed by atoms with E-state index in [4.69, 9.17) is 0 Å². The minimum Gasteiger partial charge on any atom is -0.387 e. The molecule has 0 aliphatic heterocycles. The van der Waals surface area contributed by atoms with Crippen LogP contribution >= 0.6 is 0 Å². The molecule has 36 heavy (non-hydrogen) atoms. The van der Waals surface area contributed by atoms with E-state index < -0.39 is 28.0 Å². The topological polar surface area (TPSA) is 104 Å². The molecule has 0 aromatic rings. The molecule has 0 aromatic heterocycles. The van der Waals surface area contributed by atoms with Gasteiger partial charge in [0.2, 0.25) is 5.91 Å². The van der Waals surface area contributed by atoms with E-state index in [0.717, 1.165) is 38.5 Å². The third-order valence-electron chi connectivity index (χ3n) is 6.14. The normalized spacial score (nSPS) is 14.2. The van der Waals surface area contributed by atoms with Crippen molar-refractivity contribution in [3.8, 4) is 0 Å². The highest BCUT2D eigenvalue weighted by Crippen LogP contribution is 2.13. The van der Waals surface area contributed by atoms with E-state index in [1.54, 1.807) is 6.08 Å². The van der Waals surface area contributed by atoms with Crippen LogP contribution in [0.1, 0.15) is 123 Å². The summed E-state index contributed by atoms with van der Waals surface area (Å²) in [6.07, 6.45) is 28.6. The van der Waals surface area contributed by atoms with Crippen LogP contribution in [0.4, 0.5) is 0 Å². The van der Waals surface area contributed by atoms with Crippen LogP contribution < -0.4 is 5.32 Å². The summed E-state index contributed by atoms with van der Waals surface area (Å²) in [4.78, 5) is 12.3. The number of unbranched alkanes of at least 4 members (excludes halogenated alkanes) is 13. The second-order valence-corrected chi connectivity index (χ2v) is 11.2. The maximum absolute atomic E-state index is 12.3. The number of nitrogens with one attached hydrogen (secondary N) is 1. The first-order chi connectivity index (χ1) is 17.3. The molecule has 3 N–H and O–H groups in total. The van der Waals surface area contributed by atoms with Crippen LogP contribution in [0.5, 0.6) is 0 Å². The van der Waals surface area contributed by atoms with Crippen molar-refractivity contribution < 1.29 is 22.9 Å². The summed E-state index contributed by atoms with van der Waals surface area (Å²) in [5, 5.41) is 13.0. The van der Waals surface area contributed by atoms with Gasteiger partial charge in [-0.25, -0.2) is 0 Å². The molecular formula is C29H53NO5S. The molecule has 0 aliphatic carbocycles. The van der Waals surface area contributed by atoms with E-state index >= 15 is 0 Å². The van der Waals surface area contributed by atoms with Crippen LogP contribution in [-0.2, 0) is 14.9 Å². The summed E-state index contributed by atoms with van der Waals surface area (Å²) in [6.45, 7) is 4.23. The van der Waals surface area contributed by atoms with Gasteiger partial charge in [-0.05, 0) is 39.0 Å². The van der Waals surface area contributed by atoms with Crippen molar-refractivity contribution >= 4 is 16.0 Å². The monoisotopic (exact) mass is 527 g/mol. The molecule has 7 heteroatoms. The lowest BCUT2D eigenvalue weighted by Crippen LogP contribution is -2.46. The SMILES string of the molecule is C/C=C/CC/C=C/CC/C=C/C(O)C(CS(=O)(=O)O)NC(=O)CCCCCCCCCCCCCC. The van der Waals surface area contributed by atoms with E-state index in [2.05, 4.69) is 30.5 Å². The molecule has 0 radical (unpaired) electrons. The molecule has 0 aromatic carbocycles. The van der Waals surface area contributed by atoms with Gasteiger partial charge in [0, 0.05) is 6.42 Å². The Morgan fingerprint density at radius 1 is 0.778 bits per heavy atom. The van der Waals surface area contributed by atoms with Crippen molar-refractivity contribution in [3.63, 3.8) is 0 Å². The van der Waals surface area contributed by atoms with E-state index in [1.165, 1.54) is 63.9 Å². The predicted octanol–water partition coefficient (Wildman–Crippen LogP) is 7.06. The average molecular weight is 528 g/mol. The summed E-state index contributed by atoms with van der Waals surface area (Å²) < 4.78 is 32.0. The maximum atomic E-state index is 12.3. The lowest BCUT2D eigenvalue weighted by atomic mass is 10.0. The highest BCUT2D eigenvalue weighted by Gasteiger charge is 2.24. The van der Waals surface area contributed by atoms with E-state index in [1.807, 2.05) is 13.0 Å². The molecule has 0 spiro atoms. The number of aliphatic hydroxyl groups is 1. The minimum absolute atomic E-state index is 0.286. The van der Waals surface area contributed by atoms with Crippen LogP contribution in [0.15, 0.2) is 36.5 Å². The highest BCUT2D eigenvalue weighted by atomic mass is 32.2. The third kappa shape index (κ3) is 24.3. The van der Waals surface area contributed by atoms with Gasteiger partial charge >= 0.3 is 0 Å². The summed E-state index contributed by atoms with van der Waals surface area (Å²) in [6, 6.07) is -1.07. The Kier molecular flexibility index (Phi) is 23.0. The van der Waals surface area contributed by atoms with Gasteiger partial charge in [-0.3, -0.25) is 9.35 Å². The molecule has 0 rings (SSSR count). The number of amides is 1. The first-order valence-corrected chi connectivity index (χ1v) is 15.8. The second-order valence-electron chi connectivity index (χ2n) is 9.68. The molecule has 2 unspecified atom stereocenters. The molecule has 0 saturated heterocycles. The third-order valence-corrected chi connectivity index (χ3v) is 6.92. The van der Waals surface area contributed by atoms with Crippen molar-refractivity contribution in [3.05, 3.63) is 36.5 Å². The Balaban J connectivity index is 4.17. The fourth-order valence-corrected chi connectivity index (χ4v) is 4.75. The molecule has 0 fully saturated rings. The molecular weight excluding hydrogens is 474 g/mol. The van der Waals surface area contributed by atoms with Crippen molar-refractivity contribution in [1.82, 2.24) is 5.32 Å². The molecule has 1 amide bonds. The number of rotatable bonds is 24. The van der Waals surface area contributed by atoms with Crippen LogP contribution in [0.25, 0.3) is 0 Å². The number of carbonyl (C=O) groups excluding carboxylic acids is 1. The summed E-state index contributed by atoms with van der Waals surface area (Å²) in [7, 11) is -4.34. The van der Waals surface area contributed by atoms with Gasteiger partial charge in [0.1, 0.15) is 0 Å². The van der Waals surface area contributed by atoms with Crippen LogP contribution in [-0.4, -0.2) is 41.9 Å². The Labute approximate surface area is 221 Å². The molecule has 6 nitrogen and oxygen atoms in total. The van der Waals surface area contributed by atoms with E-state index in [9.17, 15) is 22.9 Å². The fraction of sp³-hybridized carbons (Fsp3) is 0.759. The van der Waals surface area contributed by atoms with Gasteiger partial charge < -0.3 is 10.4 Å². The summed E-state index contributed by atoms with van der Waals surface area (Å²) in [5.74, 6) is -1.01. The van der Waals surface area contributed by atoms with Crippen LogP contribution in [0, 0.1) is 0 Å². The zero-order valence-corrected chi connectivity index (χ0v) is 23.7. The summed E-state index contributed by atoms with van der Waals surface area (Å²) >= 11 is 0. The number of hydrogen-bond acceptors (Lipinski definition) is 4. The van der Waals surface area contributed by atoms with E-state index in [-0.39, 0.29) is 12.3 Å². The zero-order valence-electron chi connectivity index (χ0n) is 22.9. The predicted molar refractivity (Wildman–Crippen MR) is 152 cm³/mol. The minimum atomic E-state index is -4.34. The highest BCUT2D eigenvalue weighted by molar-refractivity contribution is 7.85. The van der Waals surface area contributed by atoms with Gasteiger partial charge in [-0.2, -0.15) is 8.42 Å². The lowest BCUT2D eigenvalue weighted by molar-refractivity contribution is -0.122. The Morgan fingerprint density at radius 2 is 1.25 bits per heavy atom. The molecule has 0 bridgehead atoms. The van der Waals surface area contributed by atoms with Gasteiger partial charge in [-0.15, -0.1) is 0 Å². The maximum Gasteiger partial charge on any atom is 0.267 e. The molecule has 210 valence electrons. The fourth-order valence-electron chi connectivity index (χ4n) is 4.02. The Morgan fingerprint density at radius 3 is 1.75 bits per heavy atom. The number of hydrogen-bond donors (Lipinski definition) is 3. The molecule has 0 saturated carbocycles. The van der Waals surface area contributed by atoms with Gasteiger partial charge in [0.05, 0.1) is 17.9 Å². The second kappa shape index (κ2) is 23.9. The standard InChI is InChI=1S/C29H53NO5S/c1-3-5-7-9-11-13-14-15-17-19-21-23-25-29(32)30-27(26-36(33,34)35)28(31)24-22-20-18-16-12-10-8-6-4-2/h4,6,12,16,22,24,27-28,31H,3,5,7-11,13-15,17-21,23,25-26H2,1-2H3,(H,30,32)(H,33,34,35)/b6-4+,16-12+,24-22+. The first-order valence-electron chi connectivity index (χ1n) is 14.2. The Bertz CT molecular complexity index is 715. The van der Waals surface area contributed by atoms with E-state index in [0.29, 0.717) is 6.42 Å². The van der Waals surface area contributed by atoms with Crippen molar-refractivity contribution in [2.75, 3.05) is 5.75 Å². The lowest BCUT2D eigenvalue weighted by Gasteiger charge is -2.21. The average Bonchev–Trinajstić information content (AvgIpc) is 2.82. The van der Waals surface area contributed by atoms with Crippen molar-refractivity contribution in [2.24, 2.45) is 0 Å². The summed E-state index contributed by atoms with van der Waals surface area (Å²) in [5.41, 5.74) is 0. The molecule has 0 aliphatic rings.